The first-order chi connectivity index (χ1) is 7.37. The van der Waals surface area contributed by atoms with Gasteiger partial charge in [0.15, 0.2) is 5.65 Å². The summed E-state index contributed by atoms with van der Waals surface area (Å²) >= 11 is 5.82. The summed E-state index contributed by atoms with van der Waals surface area (Å²) in [7, 11) is 0. The standard InChI is InChI=1S/C11H14ClN3O/c1-11(2,3)6-15-9-8(14-10(15)16)4-7(12)5-13-9/h4-5H,6H2,1-3H3,(H,14,16). The van der Waals surface area contributed by atoms with E-state index in [9.17, 15) is 4.79 Å². The fraction of sp³-hybridized carbons (Fsp3) is 0.455. The van der Waals surface area contributed by atoms with Gasteiger partial charge < -0.3 is 4.98 Å². The highest BCUT2D eigenvalue weighted by atomic mass is 35.5. The van der Waals surface area contributed by atoms with E-state index < -0.39 is 0 Å². The van der Waals surface area contributed by atoms with Crippen LogP contribution in [-0.4, -0.2) is 14.5 Å². The van der Waals surface area contributed by atoms with Crippen LogP contribution < -0.4 is 5.69 Å². The molecule has 16 heavy (non-hydrogen) atoms. The molecular formula is C11H14ClN3O. The third kappa shape index (κ3) is 2.11. The lowest BCUT2D eigenvalue weighted by Gasteiger charge is -2.18. The van der Waals surface area contributed by atoms with Gasteiger partial charge in [0.05, 0.1) is 10.5 Å². The Bertz CT molecular complexity index is 577. The number of halogens is 1. The zero-order valence-electron chi connectivity index (χ0n) is 9.54. The summed E-state index contributed by atoms with van der Waals surface area (Å²) in [6.45, 7) is 6.86. The summed E-state index contributed by atoms with van der Waals surface area (Å²) in [4.78, 5) is 18.7. The van der Waals surface area contributed by atoms with Gasteiger partial charge >= 0.3 is 5.69 Å². The lowest BCUT2D eigenvalue weighted by Crippen LogP contribution is -2.24. The van der Waals surface area contributed by atoms with Gasteiger partial charge in [-0.1, -0.05) is 32.4 Å². The van der Waals surface area contributed by atoms with E-state index in [1.54, 1.807) is 16.8 Å². The normalized spacial score (nSPS) is 12.2. The molecule has 0 radical (unpaired) electrons. The number of nitrogens with zero attached hydrogens (tertiary/aromatic N) is 2. The van der Waals surface area contributed by atoms with Crippen molar-refractivity contribution in [1.82, 2.24) is 14.5 Å². The molecule has 2 aromatic heterocycles. The predicted octanol–water partition coefficient (Wildman–Crippen LogP) is 2.42. The summed E-state index contributed by atoms with van der Waals surface area (Å²) in [6, 6.07) is 1.71. The Balaban J connectivity index is 2.61. The minimum absolute atomic E-state index is 0.0280. The lowest BCUT2D eigenvalue weighted by molar-refractivity contribution is 0.343. The second kappa shape index (κ2) is 3.63. The van der Waals surface area contributed by atoms with Gasteiger partial charge in [0.1, 0.15) is 0 Å². The zero-order valence-corrected chi connectivity index (χ0v) is 10.3. The van der Waals surface area contributed by atoms with Gasteiger partial charge in [0.2, 0.25) is 0 Å². The molecule has 0 aliphatic heterocycles. The topological polar surface area (TPSA) is 50.7 Å². The molecule has 0 fully saturated rings. The highest BCUT2D eigenvalue weighted by Gasteiger charge is 2.16. The van der Waals surface area contributed by atoms with Crippen LogP contribution in [0, 0.1) is 5.41 Å². The van der Waals surface area contributed by atoms with Crippen LogP contribution in [0.15, 0.2) is 17.1 Å². The van der Waals surface area contributed by atoms with E-state index in [0.717, 1.165) is 0 Å². The lowest BCUT2D eigenvalue weighted by atomic mass is 9.97. The first kappa shape index (κ1) is 11.2. The summed E-state index contributed by atoms with van der Waals surface area (Å²) in [5.41, 5.74) is 1.23. The molecule has 86 valence electrons. The van der Waals surface area contributed by atoms with E-state index in [1.165, 1.54) is 0 Å². The van der Waals surface area contributed by atoms with Crippen molar-refractivity contribution >= 4 is 22.8 Å². The molecular weight excluding hydrogens is 226 g/mol. The number of nitrogens with one attached hydrogen (secondary N) is 1. The first-order valence-electron chi connectivity index (χ1n) is 5.11. The van der Waals surface area contributed by atoms with Crippen LogP contribution in [0.25, 0.3) is 11.2 Å². The Morgan fingerprint density at radius 1 is 1.50 bits per heavy atom. The molecule has 5 heteroatoms. The molecule has 2 heterocycles. The second-order valence-electron chi connectivity index (χ2n) is 5.10. The number of hydrogen-bond acceptors (Lipinski definition) is 2. The maximum Gasteiger partial charge on any atom is 0.327 e. The molecule has 1 N–H and O–H groups in total. The third-order valence-electron chi connectivity index (χ3n) is 2.21. The number of aromatic nitrogens is 3. The van der Waals surface area contributed by atoms with Crippen LogP contribution in [0.1, 0.15) is 20.8 Å². The fourth-order valence-electron chi connectivity index (χ4n) is 1.64. The van der Waals surface area contributed by atoms with Crippen LogP contribution >= 0.6 is 11.6 Å². The minimum Gasteiger partial charge on any atom is -0.304 e. The Morgan fingerprint density at radius 3 is 2.81 bits per heavy atom. The van der Waals surface area contributed by atoms with E-state index in [0.29, 0.717) is 22.7 Å². The molecule has 0 spiro atoms. The van der Waals surface area contributed by atoms with Crippen molar-refractivity contribution in [3.63, 3.8) is 0 Å². The number of imidazole rings is 1. The number of H-pyrrole nitrogens is 1. The second-order valence-corrected chi connectivity index (χ2v) is 5.54. The zero-order chi connectivity index (χ0) is 11.9. The van der Waals surface area contributed by atoms with Crippen molar-refractivity contribution in [2.24, 2.45) is 5.41 Å². The van der Waals surface area contributed by atoms with Gasteiger partial charge in [-0.3, -0.25) is 4.57 Å². The van der Waals surface area contributed by atoms with E-state index in [2.05, 4.69) is 30.7 Å². The van der Waals surface area contributed by atoms with Crippen molar-refractivity contribution in [1.29, 1.82) is 0 Å². The molecule has 2 rings (SSSR count). The molecule has 0 saturated carbocycles. The van der Waals surface area contributed by atoms with Crippen LogP contribution in [-0.2, 0) is 6.54 Å². The number of fused-ring (bicyclic) bond motifs is 1. The van der Waals surface area contributed by atoms with Gasteiger partial charge in [0, 0.05) is 12.7 Å². The molecule has 0 unspecified atom stereocenters. The highest BCUT2D eigenvalue weighted by Crippen LogP contribution is 2.19. The fourth-order valence-corrected chi connectivity index (χ4v) is 1.80. The monoisotopic (exact) mass is 239 g/mol. The minimum atomic E-state index is -0.139. The molecule has 0 bridgehead atoms. The molecule has 0 atom stereocenters. The van der Waals surface area contributed by atoms with Gasteiger partial charge in [-0.25, -0.2) is 9.78 Å². The first-order valence-corrected chi connectivity index (χ1v) is 5.49. The third-order valence-corrected chi connectivity index (χ3v) is 2.41. The van der Waals surface area contributed by atoms with Crippen molar-refractivity contribution in [3.8, 4) is 0 Å². The maximum atomic E-state index is 11.8. The molecule has 0 saturated heterocycles. The van der Waals surface area contributed by atoms with Gasteiger partial charge in [-0.05, 0) is 11.5 Å². The number of rotatable bonds is 1. The maximum absolute atomic E-state index is 11.8. The Labute approximate surface area is 98.3 Å². The largest absolute Gasteiger partial charge is 0.327 e. The molecule has 0 aliphatic carbocycles. The molecule has 0 aliphatic rings. The molecule has 0 amide bonds. The molecule has 2 aromatic rings. The highest BCUT2D eigenvalue weighted by molar-refractivity contribution is 6.30. The Morgan fingerprint density at radius 2 is 2.19 bits per heavy atom. The molecule has 0 aromatic carbocycles. The summed E-state index contributed by atoms with van der Waals surface area (Å²) in [5, 5.41) is 0.525. The predicted molar refractivity (Wildman–Crippen MR) is 64.8 cm³/mol. The van der Waals surface area contributed by atoms with Crippen LogP contribution in [0.3, 0.4) is 0 Å². The van der Waals surface area contributed by atoms with Crippen molar-refractivity contribution in [2.45, 2.75) is 27.3 Å². The Kier molecular flexibility index (Phi) is 2.54. The van der Waals surface area contributed by atoms with Crippen molar-refractivity contribution in [3.05, 3.63) is 27.8 Å². The van der Waals surface area contributed by atoms with E-state index in [1.807, 2.05) is 0 Å². The van der Waals surface area contributed by atoms with E-state index in [-0.39, 0.29) is 11.1 Å². The summed E-state index contributed by atoms with van der Waals surface area (Å²) in [6.07, 6.45) is 1.55. The van der Waals surface area contributed by atoms with Crippen molar-refractivity contribution in [2.75, 3.05) is 0 Å². The number of pyridine rings is 1. The molecule has 4 nitrogen and oxygen atoms in total. The smallest absolute Gasteiger partial charge is 0.304 e. The van der Waals surface area contributed by atoms with Gasteiger partial charge in [0.25, 0.3) is 0 Å². The van der Waals surface area contributed by atoms with E-state index >= 15 is 0 Å². The van der Waals surface area contributed by atoms with Gasteiger partial charge in [-0.15, -0.1) is 0 Å². The van der Waals surface area contributed by atoms with Crippen LogP contribution in [0.5, 0.6) is 0 Å². The average Bonchev–Trinajstić information content (AvgIpc) is 2.40. The number of hydrogen-bond donors (Lipinski definition) is 1. The van der Waals surface area contributed by atoms with Crippen LogP contribution in [0.4, 0.5) is 0 Å². The van der Waals surface area contributed by atoms with Gasteiger partial charge in [-0.2, -0.15) is 0 Å². The quantitative estimate of drug-likeness (QED) is 0.831. The average molecular weight is 240 g/mol. The van der Waals surface area contributed by atoms with Crippen LogP contribution in [0.2, 0.25) is 5.02 Å². The van der Waals surface area contributed by atoms with E-state index in [4.69, 9.17) is 11.6 Å². The van der Waals surface area contributed by atoms with Crippen molar-refractivity contribution < 1.29 is 0 Å². The number of aromatic amines is 1. The Hall–Kier alpha value is -1.29. The SMILES string of the molecule is CC(C)(C)Cn1c(=O)[nH]c2cc(Cl)cnc21. The summed E-state index contributed by atoms with van der Waals surface area (Å²) in [5.74, 6) is 0. The summed E-state index contributed by atoms with van der Waals surface area (Å²) < 4.78 is 1.64.